The lowest BCUT2D eigenvalue weighted by atomic mass is 10.2. The monoisotopic (exact) mass is 412 g/mol. The van der Waals surface area contributed by atoms with Crippen LogP contribution in [0.4, 0.5) is 5.69 Å². The van der Waals surface area contributed by atoms with Crippen LogP contribution in [0.5, 0.6) is 0 Å². The second-order valence-electron chi connectivity index (χ2n) is 8.27. The molecule has 0 saturated heterocycles. The minimum absolute atomic E-state index is 0.632. The van der Waals surface area contributed by atoms with Crippen LogP contribution in [-0.4, -0.2) is 19.7 Å². The summed E-state index contributed by atoms with van der Waals surface area (Å²) >= 11 is 5.39. The maximum atomic E-state index is 5.39. The first-order valence-corrected chi connectivity index (χ1v) is 13.0. The molecule has 4 heteroatoms. The molecule has 0 atom stereocenters. The number of thiocarbonyl (C=S) groups is 1. The Morgan fingerprint density at radius 3 is 2.29 bits per heavy atom. The molecule has 2 nitrogen and oxygen atoms in total. The van der Waals surface area contributed by atoms with Crippen molar-refractivity contribution in [2.75, 3.05) is 11.9 Å². The van der Waals surface area contributed by atoms with Crippen LogP contribution in [0.3, 0.4) is 0 Å². The largest absolute Gasteiger partial charge is 0.362 e. The number of rotatable bonds is 8. The van der Waals surface area contributed by atoms with Gasteiger partial charge in [0.2, 0.25) is 0 Å². The molecule has 0 aromatic heterocycles. The normalized spacial score (nSPS) is 11.1. The highest BCUT2D eigenvalue weighted by Gasteiger charge is 2.41. The Labute approximate surface area is 179 Å². The van der Waals surface area contributed by atoms with Gasteiger partial charge < -0.3 is 10.6 Å². The third-order valence-electron chi connectivity index (χ3n) is 5.44. The van der Waals surface area contributed by atoms with Gasteiger partial charge in [-0.05, 0) is 59.9 Å². The first-order chi connectivity index (χ1) is 13.2. The second kappa shape index (κ2) is 11.9. The standard InChI is InChI=1S/C24H36N2SSi/c1-8-9-10-11-16-25-24(27)26-23-14-12-13-22(18-23)15-17-28(19(2)3,20(4)5)21(6)7/h1,12-14,18-21H,9-11,16H2,2-7H3,(H2,25,26,27). The van der Waals surface area contributed by atoms with Crippen molar-refractivity contribution in [2.45, 2.75) is 77.4 Å². The third-order valence-corrected chi connectivity index (χ3v) is 12.0. The van der Waals surface area contributed by atoms with Crippen molar-refractivity contribution in [1.29, 1.82) is 0 Å². The quantitative estimate of drug-likeness (QED) is 0.225. The van der Waals surface area contributed by atoms with Gasteiger partial charge in [0, 0.05) is 24.2 Å². The van der Waals surface area contributed by atoms with E-state index in [0.29, 0.717) is 21.7 Å². The molecule has 28 heavy (non-hydrogen) atoms. The van der Waals surface area contributed by atoms with Gasteiger partial charge in [-0.25, -0.2) is 0 Å². The van der Waals surface area contributed by atoms with E-state index in [9.17, 15) is 0 Å². The van der Waals surface area contributed by atoms with Crippen molar-refractivity contribution in [2.24, 2.45) is 0 Å². The lowest BCUT2D eigenvalue weighted by Gasteiger charge is -2.38. The summed E-state index contributed by atoms with van der Waals surface area (Å²) in [5.74, 6) is 6.16. The predicted octanol–water partition coefficient (Wildman–Crippen LogP) is 6.35. The fourth-order valence-corrected chi connectivity index (χ4v) is 9.46. The van der Waals surface area contributed by atoms with Gasteiger partial charge in [0.25, 0.3) is 0 Å². The van der Waals surface area contributed by atoms with Gasteiger partial charge in [-0.15, -0.1) is 17.9 Å². The van der Waals surface area contributed by atoms with E-state index >= 15 is 0 Å². The van der Waals surface area contributed by atoms with Gasteiger partial charge >= 0.3 is 0 Å². The van der Waals surface area contributed by atoms with Crippen molar-refractivity contribution >= 4 is 31.1 Å². The third kappa shape index (κ3) is 7.01. The minimum atomic E-state index is -1.72. The van der Waals surface area contributed by atoms with E-state index in [2.05, 4.69) is 81.7 Å². The lowest BCUT2D eigenvalue weighted by molar-refractivity contribution is 0.729. The van der Waals surface area contributed by atoms with Crippen molar-refractivity contribution in [3.63, 3.8) is 0 Å². The van der Waals surface area contributed by atoms with Crippen LogP contribution in [-0.2, 0) is 0 Å². The summed E-state index contributed by atoms with van der Waals surface area (Å²) in [6.07, 6.45) is 8.12. The molecule has 1 aromatic carbocycles. The topological polar surface area (TPSA) is 24.1 Å². The maximum absolute atomic E-state index is 5.39. The molecule has 0 heterocycles. The molecule has 0 radical (unpaired) electrons. The molecule has 0 fully saturated rings. The smallest absolute Gasteiger partial charge is 0.170 e. The summed E-state index contributed by atoms with van der Waals surface area (Å²) < 4.78 is 0. The molecule has 152 valence electrons. The Balaban J connectivity index is 2.85. The van der Waals surface area contributed by atoms with E-state index in [1.54, 1.807) is 0 Å². The van der Waals surface area contributed by atoms with Gasteiger partial charge in [-0.2, -0.15) is 0 Å². The summed E-state index contributed by atoms with van der Waals surface area (Å²) in [7, 11) is -1.72. The van der Waals surface area contributed by atoms with Crippen LogP contribution in [0.1, 0.15) is 66.4 Å². The zero-order chi connectivity index (χ0) is 21.2. The molecule has 0 aliphatic rings. The molecular formula is C24H36N2SSi. The predicted molar refractivity (Wildman–Crippen MR) is 131 cm³/mol. The van der Waals surface area contributed by atoms with Crippen molar-refractivity contribution in [1.82, 2.24) is 5.32 Å². The van der Waals surface area contributed by atoms with Crippen LogP contribution >= 0.6 is 12.2 Å². The molecular weight excluding hydrogens is 376 g/mol. The van der Waals surface area contributed by atoms with Crippen LogP contribution < -0.4 is 10.6 Å². The van der Waals surface area contributed by atoms with Gasteiger partial charge in [0.15, 0.2) is 5.11 Å². The van der Waals surface area contributed by atoms with Crippen molar-refractivity contribution < 1.29 is 0 Å². The minimum Gasteiger partial charge on any atom is -0.362 e. The number of unbranched alkanes of at least 4 members (excludes halogenated alkanes) is 2. The number of nitrogens with one attached hydrogen (secondary N) is 2. The lowest BCUT2D eigenvalue weighted by Crippen LogP contribution is -2.43. The summed E-state index contributed by atoms with van der Waals surface area (Å²) in [6.45, 7) is 14.9. The van der Waals surface area contributed by atoms with E-state index < -0.39 is 8.07 Å². The van der Waals surface area contributed by atoms with Crippen molar-refractivity contribution in [3.05, 3.63) is 29.8 Å². The number of terminal acetylenes is 1. The van der Waals surface area contributed by atoms with Crippen LogP contribution in [0, 0.1) is 23.8 Å². The second-order valence-corrected chi connectivity index (χ2v) is 14.3. The fourth-order valence-electron chi connectivity index (χ4n) is 4.02. The van der Waals surface area contributed by atoms with E-state index in [4.69, 9.17) is 18.6 Å². The first-order valence-electron chi connectivity index (χ1n) is 10.4. The molecule has 0 bridgehead atoms. The maximum Gasteiger partial charge on any atom is 0.170 e. The molecule has 0 aliphatic carbocycles. The van der Waals surface area contributed by atoms with E-state index in [-0.39, 0.29) is 0 Å². The number of hydrogen-bond acceptors (Lipinski definition) is 1. The van der Waals surface area contributed by atoms with Gasteiger partial charge in [-0.3, -0.25) is 0 Å². The van der Waals surface area contributed by atoms with E-state index in [1.165, 1.54) is 0 Å². The highest BCUT2D eigenvalue weighted by molar-refractivity contribution is 7.80. The van der Waals surface area contributed by atoms with Crippen LogP contribution in [0.25, 0.3) is 0 Å². The molecule has 0 saturated carbocycles. The van der Waals surface area contributed by atoms with E-state index in [1.807, 2.05) is 12.1 Å². The average Bonchev–Trinajstić information content (AvgIpc) is 2.61. The summed E-state index contributed by atoms with van der Waals surface area (Å²) in [4.78, 5) is 0. The first kappa shape index (κ1) is 24.3. The van der Waals surface area contributed by atoms with Crippen LogP contribution in [0.2, 0.25) is 16.6 Å². The van der Waals surface area contributed by atoms with Gasteiger partial charge in [0.1, 0.15) is 8.07 Å². The average molecular weight is 413 g/mol. The molecule has 2 N–H and O–H groups in total. The summed E-state index contributed by atoms with van der Waals surface area (Å²) in [5.41, 5.74) is 7.69. The summed E-state index contributed by atoms with van der Waals surface area (Å²) in [6, 6.07) is 8.22. The zero-order valence-corrected chi connectivity index (χ0v) is 20.2. The Kier molecular flexibility index (Phi) is 10.4. The molecule has 0 spiro atoms. The highest BCUT2D eigenvalue weighted by Crippen LogP contribution is 2.40. The van der Waals surface area contributed by atoms with Gasteiger partial charge in [-0.1, -0.05) is 53.5 Å². The Bertz CT molecular complexity index is 713. The number of anilines is 1. The van der Waals surface area contributed by atoms with Crippen LogP contribution in [0.15, 0.2) is 24.3 Å². The van der Waals surface area contributed by atoms with E-state index in [0.717, 1.165) is 37.1 Å². The molecule has 0 aliphatic heterocycles. The van der Waals surface area contributed by atoms with Gasteiger partial charge in [0.05, 0.1) is 0 Å². The SMILES string of the molecule is C#CCCCCNC(=S)Nc1cccc(C#C[Si](C(C)C)(C(C)C)C(C)C)c1. The molecule has 1 aromatic rings. The fraction of sp³-hybridized carbons (Fsp3) is 0.542. The summed E-state index contributed by atoms with van der Waals surface area (Å²) in [5, 5.41) is 7.14. The Morgan fingerprint density at radius 2 is 1.71 bits per heavy atom. The molecule has 0 amide bonds. The Hall–Kier alpha value is -1.75. The zero-order valence-electron chi connectivity index (χ0n) is 18.4. The molecule has 0 unspecified atom stereocenters. The number of benzene rings is 1. The Morgan fingerprint density at radius 1 is 1.07 bits per heavy atom. The van der Waals surface area contributed by atoms with Crippen molar-refractivity contribution in [3.8, 4) is 23.8 Å². The number of hydrogen-bond donors (Lipinski definition) is 2. The highest BCUT2D eigenvalue weighted by atomic mass is 32.1. The molecule has 1 rings (SSSR count).